The zero-order valence-electron chi connectivity index (χ0n) is 13.1. The topological polar surface area (TPSA) is 108 Å². The average molecular weight is 374 g/mol. The third-order valence-electron chi connectivity index (χ3n) is 3.46. The van der Waals surface area contributed by atoms with Gasteiger partial charge in [-0.15, -0.1) is 0 Å². The molecule has 0 aliphatic rings. The van der Waals surface area contributed by atoms with Gasteiger partial charge in [0.1, 0.15) is 0 Å². The summed E-state index contributed by atoms with van der Waals surface area (Å²) in [4.78, 5) is 16.5. The first-order valence-electron chi connectivity index (χ1n) is 7.25. The molecule has 2 aromatic carbocycles. The Morgan fingerprint density at radius 1 is 1.08 bits per heavy atom. The first kappa shape index (κ1) is 17.1. The zero-order chi connectivity index (χ0) is 18.0. The van der Waals surface area contributed by atoms with E-state index in [1.54, 1.807) is 24.3 Å². The van der Waals surface area contributed by atoms with Gasteiger partial charge in [0.15, 0.2) is 5.82 Å². The Labute approximate surface area is 149 Å². The van der Waals surface area contributed by atoms with E-state index in [-0.39, 0.29) is 26.7 Å². The van der Waals surface area contributed by atoms with Gasteiger partial charge in [-0.25, -0.2) is 8.42 Å². The molecule has 7 nitrogen and oxygen atoms in total. The van der Waals surface area contributed by atoms with Crippen molar-refractivity contribution in [3.05, 3.63) is 70.3 Å². The lowest BCUT2D eigenvalue weighted by molar-refractivity contribution is 0.103. The van der Waals surface area contributed by atoms with E-state index in [9.17, 15) is 13.2 Å². The molecule has 0 spiro atoms. The predicted octanol–water partition coefficient (Wildman–Crippen LogP) is 2.81. The highest BCUT2D eigenvalue weighted by atomic mass is 32.2. The van der Waals surface area contributed by atoms with Crippen molar-refractivity contribution in [2.45, 2.75) is 11.8 Å². The van der Waals surface area contributed by atoms with Crippen molar-refractivity contribution in [1.29, 1.82) is 0 Å². The molecule has 0 saturated heterocycles. The van der Waals surface area contributed by atoms with E-state index in [0.717, 1.165) is 5.56 Å². The summed E-state index contributed by atoms with van der Waals surface area (Å²) in [5.41, 5.74) is 1.27. The molecular weight excluding hydrogens is 360 g/mol. The summed E-state index contributed by atoms with van der Waals surface area (Å²) in [5.74, 6) is -0.471. The second kappa shape index (κ2) is 6.61. The van der Waals surface area contributed by atoms with Gasteiger partial charge >= 0.3 is 0 Å². The van der Waals surface area contributed by atoms with Crippen molar-refractivity contribution in [2.24, 2.45) is 0 Å². The first-order chi connectivity index (χ1) is 11.9. The molecule has 0 radical (unpaired) electrons. The highest BCUT2D eigenvalue weighted by Gasteiger charge is 2.20. The van der Waals surface area contributed by atoms with Gasteiger partial charge in [-0.05, 0) is 43.4 Å². The Balaban J connectivity index is 1.97. The maximum atomic E-state index is 12.6. The number of hydrogen-bond donors (Lipinski definition) is 3. The highest BCUT2D eigenvalue weighted by molar-refractivity contribution is 7.92. The average Bonchev–Trinajstić information content (AvgIpc) is 3.01. The second-order valence-electron chi connectivity index (χ2n) is 5.31. The van der Waals surface area contributed by atoms with Crippen molar-refractivity contribution in [1.82, 2.24) is 15.2 Å². The molecule has 25 heavy (non-hydrogen) atoms. The van der Waals surface area contributed by atoms with Crippen LogP contribution in [0.1, 0.15) is 21.7 Å². The maximum Gasteiger partial charge on any atom is 0.261 e. The number of hydrogen-bond acceptors (Lipinski definition) is 5. The van der Waals surface area contributed by atoms with Gasteiger partial charge in [-0.1, -0.05) is 29.8 Å². The quantitative estimate of drug-likeness (QED) is 0.470. The van der Waals surface area contributed by atoms with Crippen LogP contribution in [-0.4, -0.2) is 29.4 Å². The minimum atomic E-state index is -3.82. The molecule has 0 amide bonds. The number of carbonyl (C=O) groups excluding carboxylic acids is 1. The minimum Gasteiger partial charge on any atom is -0.285 e. The summed E-state index contributed by atoms with van der Waals surface area (Å²) in [6.07, 6.45) is 0. The first-order valence-corrected chi connectivity index (χ1v) is 9.14. The van der Waals surface area contributed by atoms with Crippen LogP contribution in [-0.2, 0) is 10.0 Å². The third-order valence-corrected chi connectivity index (χ3v) is 5.04. The Bertz CT molecular complexity index is 1080. The van der Waals surface area contributed by atoms with Gasteiger partial charge in [-0.3, -0.25) is 19.7 Å². The van der Waals surface area contributed by atoms with E-state index in [4.69, 9.17) is 12.2 Å². The van der Waals surface area contributed by atoms with Crippen LogP contribution in [0.25, 0.3) is 0 Å². The van der Waals surface area contributed by atoms with Gasteiger partial charge in [0.05, 0.1) is 16.1 Å². The summed E-state index contributed by atoms with van der Waals surface area (Å²) in [7, 11) is -3.82. The standard InChI is InChI=1S/C16H14N4O3S2/c1-10-6-8-11(9-7-10)25(22,23)20-13-5-3-2-4-12(13)14(21)15-17-16(24)19-18-15/h2-9,20H,1H3,(H2,17,18,19,24). The fourth-order valence-corrected chi connectivity index (χ4v) is 3.42. The number of sulfonamides is 1. The molecule has 0 bridgehead atoms. The summed E-state index contributed by atoms with van der Waals surface area (Å²) in [6, 6.07) is 12.7. The van der Waals surface area contributed by atoms with Crippen LogP contribution in [0.3, 0.4) is 0 Å². The van der Waals surface area contributed by atoms with Gasteiger partial charge in [0.25, 0.3) is 10.0 Å². The molecule has 0 aliphatic heterocycles. The van der Waals surface area contributed by atoms with Crippen LogP contribution >= 0.6 is 12.2 Å². The van der Waals surface area contributed by atoms with E-state index in [1.165, 1.54) is 24.3 Å². The van der Waals surface area contributed by atoms with Crippen molar-refractivity contribution in [2.75, 3.05) is 4.72 Å². The fraction of sp³-hybridized carbons (Fsp3) is 0.0625. The Hall–Kier alpha value is -2.78. The number of para-hydroxylation sites is 1. The fourth-order valence-electron chi connectivity index (χ4n) is 2.20. The molecule has 1 heterocycles. The van der Waals surface area contributed by atoms with Crippen LogP contribution < -0.4 is 4.72 Å². The van der Waals surface area contributed by atoms with Crippen LogP contribution in [0, 0.1) is 11.7 Å². The number of aromatic nitrogens is 3. The number of ketones is 1. The number of anilines is 1. The largest absolute Gasteiger partial charge is 0.285 e. The molecule has 0 atom stereocenters. The lowest BCUT2D eigenvalue weighted by Gasteiger charge is -2.11. The van der Waals surface area contributed by atoms with Crippen LogP contribution in [0.4, 0.5) is 5.69 Å². The number of benzene rings is 2. The number of nitrogens with one attached hydrogen (secondary N) is 3. The predicted molar refractivity (Wildman–Crippen MR) is 95.6 cm³/mol. The molecule has 0 fully saturated rings. The molecule has 3 rings (SSSR count). The van der Waals surface area contributed by atoms with E-state index in [2.05, 4.69) is 19.9 Å². The summed E-state index contributed by atoms with van der Waals surface area (Å²) < 4.78 is 27.7. The molecular formula is C16H14N4O3S2. The molecule has 128 valence electrons. The third kappa shape index (κ3) is 3.67. The van der Waals surface area contributed by atoms with E-state index in [1.807, 2.05) is 6.92 Å². The Kier molecular flexibility index (Phi) is 4.51. The minimum absolute atomic E-state index is 0.00647. The molecule has 3 aromatic rings. The van der Waals surface area contributed by atoms with Crippen molar-refractivity contribution >= 4 is 33.7 Å². The molecule has 9 heteroatoms. The SMILES string of the molecule is Cc1ccc(S(=O)(=O)Nc2ccccc2C(=O)c2nc(=S)[nH][nH]2)cc1. The number of aryl methyl sites for hydroxylation is 1. The Morgan fingerprint density at radius 3 is 2.40 bits per heavy atom. The van der Waals surface area contributed by atoms with Crippen molar-refractivity contribution < 1.29 is 13.2 Å². The Morgan fingerprint density at radius 2 is 1.76 bits per heavy atom. The summed E-state index contributed by atoms with van der Waals surface area (Å²) in [6.45, 7) is 1.87. The maximum absolute atomic E-state index is 12.6. The smallest absolute Gasteiger partial charge is 0.261 e. The van der Waals surface area contributed by atoms with Gasteiger partial charge < -0.3 is 0 Å². The summed E-state index contributed by atoms with van der Waals surface area (Å²) in [5, 5.41) is 5.10. The molecule has 0 aliphatic carbocycles. The molecule has 0 saturated carbocycles. The number of nitrogens with zero attached hydrogens (tertiary/aromatic N) is 1. The van der Waals surface area contributed by atoms with Crippen LogP contribution in [0.15, 0.2) is 53.4 Å². The number of carbonyl (C=O) groups is 1. The van der Waals surface area contributed by atoms with Gasteiger partial charge in [-0.2, -0.15) is 4.98 Å². The monoisotopic (exact) mass is 374 g/mol. The molecule has 1 aromatic heterocycles. The molecule has 0 unspecified atom stereocenters. The summed E-state index contributed by atoms with van der Waals surface area (Å²) >= 11 is 4.84. The second-order valence-corrected chi connectivity index (χ2v) is 7.38. The lowest BCUT2D eigenvalue weighted by Crippen LogP contribution is -2.16. The highest BCUT2D eigenvalue weighted by Crippen LogP contribution is 2.22. The van der Waals surface area contributed by atoms with E-state index >= 15 is 0 Å². The number of rotatable bonds is 5. The van der Waals surface area contributed by atoms with Crippen molar-refractivity contribution in [3.8, 4) is 0 Å². The number of aromatic amines is 2. The number of H-pyrrole nitrogens is 2. The molecule has 3 N–H and O–H groups in total. The zero-order valence-corrected chi connectivity index (χ0v) is 14.7. The van der Waals surface area contributed by atoms with Gasteiger partial charge in [0.2, 0.25) is 10.6 Å². The lowest BCUT2D eigenvalue weighted by atomic mass is 10.1. The van der Waals surface area contributed by atoms with Crippen molar-refractivity contribution in [3.63, 3.8) is 0 Å². The van der Waals surface area contributed by atoms with E-state index in [0.29, 0.717) is 0 Å². The van der Waals surface area contributed by atoms with E-state index < -0.39 is 15.8 Å². The van der Waals surface area contributed by atoms with Crippen LogP contribution in [0.2, 0.25) is 0 Å². The van der Waals surface area contributed by atoms with Crippen LogP contribution in [0.5, 0.6) is 0 Å². The normalized spacial score (nSPS) is 11.2. The van der Waals surface area contributed by atoms with Gasteiger partial charge in [0, 0.05) is 0 Å².